The number of benzene rings is 1. The molecule has 0 aliphatic carbocycles. The smallest absolute Gasteiger partial charge is 0.177 e. The van der Waals surface area contributed by atoms with E-state index in [1.54, 1.807) is 22.7 Å². The number of hydrogen-bond donors (Lipinski definition) is 0. The van der Waals surface area contributed by atoms with Crippen LogP contribution in [0.5, 0.6) is 0 Å². The topological polar surface area (TPSA) is 17.1 Å². The average Bonchev–Trinajstić information content (AvgIpc) is 2.92. The molecule has 1 nitrogen and oxygen atoms in total. The summed E-state index contributed by atoms with van der Waals surface area (Å²) >= 11 is 3.29. The summed E-state index contributed by atoms with van der Waals surface area (Å²) in [5.41, 5.74) is 2.31. The van der Waals surface area contributed by atoms with Crippen molar-refractivity contribution in [1.82, 2.24) is 0 Å². The largest absolute Gasteiger partial charge is 0.293 e. The summed E-state index contributed by atoms with van der Waals surface area (Å²) < 4.78 is 2.43. The van der Waals surface area contributed by atoms with Gasteiger partial charge in [-0.25, -0.2) is 0 Å². The third kappa shape index (κ3) is 2.24. The van der Waals surface area contributed by atoms with E-state index in [1.165, 1.54) is 15.0 Å². The first-order valence-electron chi connectivity index (χ1n) is 5.78. The summed E-state index contributed by atoms with van der Waals surface area (Å²) in [6.07, 6.45) is 0.494. The Labute approximate surface area is 114 Å². The van der Waals surface area contributed by atoms with Crippen molar-refractivity contribution in [2.75, 3.05) is 0 Å². The zero-order chi connectivity index (χ0) is 12.5. The summed E-state index contributed by atoms with van der Waals surface area (Å²) in [6, 6.07) is 12.3. The number of thiophene rings is 2. The molecule has 90 valence electrons. The molecule has 0 atom stereocenters. The molecular formula is C15H12OS2. The Morgan fingerprint density at radius 3 is 2.61 bits per heavy atom. The van der Waals surface area contributed by atoms with Gasteiger partial charge in [0.15, 0.2) is 5.78 Å². The molecule has 0 saturated heterocycles. The van der Waals surface area contributed by atoms with Gasteiger partial charge >= 0.3 is 0 Å². The van der Waals surface area contributed by atoms with Gasteiger partial charge in [-0.1, -0.05) is 29.8 Å². The number of Topliss-reactive ketones (excluding diaryl/α,β-unsaturated/α-hetero) is 1. The van der Waals surface area contributed by atoms with Crippen LogP contribution in [0, 0.1) is 6.92 Å². The molecule has 3 aromatic rings. The summed E-state index contributed by atoms with van der Waals surface area (Å²) in [7, 11) is 0. The molecule has 0 spiro atoms. The number of carbonyl (C=O) groups excluding carboxylic acids is 1. The second-order valence-electron chi connectivity index (χ2n) is 4.35. The maximum absolute atomic E-state index is 12.2. The first-order chi connectivity index (χ1) is 8.72. The highest BCUT2D eigenvalue weighted by Gasteiger charge is 2.11. The van der Waals surface area contributed by atoms with Crippen molar-refractivity contribution >= 4 is 37.9 Å². The Morgan fingerprint density at radius 1 is 1.11 bits per heavy atom. The number of fused-ring (bicyclic) bond motifs is 1. The van der Waals surface area contributed by atoms with Gasteiger partial charge < -0.3 is 0 Å². The predicted molar refractivity (Wildman–Crippen MR) is 78.9 cm³/mol. The van der Waals surface area contributed by atoms with Gasteiger partial charge in [0, 0.05) is 15.8 Å². The lowest BCUT2D eigenvalue weighted by Crippen LogP contribution is -2.00. The van der Waals surface area contributed by atoms with Crippen LogP contribution < -0.4 is 0 Å². The van der Waals surface area contributed by atoms with Crippen LogP contribution in [0.2, 0.25) is 0 Å². The molecule has 0 amide bonds. The minimum Gasteiger partial charge on any atom is -0.293 e. The van der Waals surface area contributed by atoms with Gasteiger partial charge in [0.2, 0.25) is 0 Å². The summed E-state index contributed by atoms with van der Waals surface area (Å²) in [5, 5.41) is 2.06. The molecule has 0 aliphatic heterocycles. The first-order valence-corrected chi connectivity index (χ1v) is 7.48. The highest BCUT2D eigenvalue weighted by atomic mass is 32.1. The summed E-state index contributed by atoms with van der Waals surface area (Å²) in [4.78, 5) is 13.1. The van der Waals surface area contributed by atoms with E-state index >= 15 is 0 Å². The molecule has 0 aliphatic rings. The molecule has 0 saturated carbocycles. The fourth-order valence-electron chi connectivity index (χ4n) is 1.88. The van der Waals surface area contributed by atoms with E-state index in [1.807, 2.05) is 18.2 Å². The molecule has 0 N–H and O–H groups in total. The molecular weight excluding hydrogens is 260 g/mol. The van der Waals surface area contributed by atoms with Crippen LogP contribution in [0.4, 0.5) is 0 Å². The lowest BCUT2D eigenvalue weighted by Gasteiger charge is -1.99. The number of hydrogen-bond acceptors (Lipinski definition) is 3. The van der Waals surface area contributed by atoms with Gasteiger partial charge in [0.1, 0.15) is 0 Å². The zero-order valence-corrected chi connectivity index (χ0v) is 11.6. The van der Waals surface area contributed by atoms with Crippen LogP contribution in [-0.4, -0.2) is 5.78 Å². The van der Waals surface area contributed by atoms with Crippen molar-refractivity contribution in [2.24, 2.45) is 0 Å². The molecule has 2 heterocycles. The molecule has 1 aromatic carbocycles. The number of rotatable bonds is 3. The van der Waals surface area contributed by atoms with E-state index in [9.17, 15) is 4.79 Å². The molecule has 2 aromatic heterocycles. The van der Waals surface area contributed by atoms with E-state index in [-0.39, 0.29) is 5.78 Å². The minimum atomic E-state index is 0.215. The van der Waals surface area contributed by atoms with Crippen LogP contribution >= 0.6 is 22.7 Å². The molecule has 0 unspecified atom stereocenters. The minimum absolute atomic E-state index is 0.215. The van der Waals surface area contributed by atoms with E-state index in [2.05, 4.69) is 30.5 Å². The van der Waals surface area contributed by atoms with E-state index < -0.39 is 0 Å². The highest BCUT2D eigenvalue weighted by molar-refractivity contribution is 7.27. The quantitative estimate of drug-likeness (QED) is 0.632. The van der Waals surface area contributed by atoms with Crippen molar-refractivity contribution < 1.29 is 4.79 Å². The van der Waals surface area contributed by atoms with Gasteiger partial charge in [-0.2, -0.15) is 0 Å². The Hall–Kier alpha value is -1.45. The number of aryl methyl sites for hydroxylation is 1. The second-order valence-corrected chi connectivity index (χ2v) is 6.38. The summed E-state index contributed by atoms with van der Waals surface area (Å²) in [6.45, 7) is 2.05. The molecule has 18 heavy (non-hydrogen) atoms. The van der Waals surface area contributed by atoms with Crippen LogP contribution in [0.3, 0.4) is 0 Å². The normalized spacial score (nSPS) is 10.9. The second kappa shape index (κ2) is 4.67. The molecule has 0 fully saturated rings. The van der Waals surface area contributed by atoms with Gasteiger partial charge in [-0.05, 0) is 30.0 Å². The van der Waals surface area contributed by atoms with Gasteiger partial charge in [-0.3, -0.25) is 4.79 Å². The number of ketones is 1. The van der Waals surface area contributed by atoms with Crippen molar-refractivity contribution in [3.05, 3.63) is 57.8 Å². The Morgan fingerprint density at radius 2 is 1.89 bits per heavy atom. The van der Waals surface area contributed by atoms with Crippen LogP contribution in [0.1, 0.15) is 20.8 Å². The van der Waals surface area contributed by atoms with Gasteiger partial charge in [-0.15, -0.1) is 22.7 Å². The maximum Gasteiger partial charge on any atom is 0.177 e. The fourth-order valence-corrected chi connectivity index (χ4v) is 3.93. The third-order valence-electron chi connectivity index (χ3n) is 2.90. The van der Waals surface area contributed by atoms with Crippen molar-refractivity contribution in [3.8, 4) is 0 Å². The molecule has 3 heteroatoms. The Bertz CT molecular complexity index is 660. The SMILES string of the molecule is Cc1ccc(CC(=O)c2cc3sccc3s2)cc1. The zero-order valence-electron chi connectivity index (χ0n) is 9.97. The van der Waals surface area contributed by atoms with Gasteiger partial charge in [0.05, 0.1) is 4.88 Å². The molecule has 0 radical (unpaired) electrons. The van der Waals surface area contributed by atoms with Crippen molar-refractivity contribution in [1.29, 1.82) is 0 Å². The molecule has 3 rings (SSSR count). The highest BCUT2D eigenvalue weighted by Crippen LogP contribution is 2.30. The van der Waals surface area contributed by atoms with Crippen molar-refractivity contribution in [2.45, 2.75) is 13.3 Å². The van der Waals surface area contributed by atoms with Gasteiger partial charge in [0.25, 0.3) is 0 Å². The van der Waals surface area contributed by atoms with Crippen LogP contribution in [0.15, 0.2) is 41.8 Å². The third-order valence-corrected chi connectivity index (χ3v) is 5.03. The summed E-state index contributed by atoms with van der Waals surface area (Å²) in [5.74, 6) is 0.215. The maximum atomic E-state index is 12.2. The standard InChI is InChI=1S/C15H12OS2/c1-10-2-4-11(5-3-10)8-12(16)14-9-15-13(18-14)6-7-17-15/h2-7,9H,8H2,1H3. The Kier molecular flexibility index (Phi) is 3.02. The Balaban J connectivity index is 1.82. The van der Waals surface area contributed by atoms with E-state index in [0.29, 0.717) is 6.42 Å². The van der Waals surface area contributed by atoms with E-state index in [0.717, 1.165) is 10.4 Å². The average molecular weight is 272 g/mol. The van der Waals surface area contributed by atoms with E-state index in [4.69, 9.17) is 0 Å². The molecule has 0 bridgehead atoms. The number of carbonyl (C=O) groups is 1. The lowest BCUT2D eigenvalue weighted by atomic mass is 10.1. The monoisotopic (exact) mass is 272 g/mol. The van der Waals surface area contributed by atoms with Crippen LogP contribution in [-0.2, 0) is 6.42 Å². The fraction of sp³-hybridized carbons (Fsp3) is 0.133. The van der Waals surface area contributed by atoms with Crippen LogP contribution in [0.25, 0.3) is 9.40 Å². The lowest BCUT2D eigenvalue weighted by molar-refractivity contribution is 0.0997. The predicted octanol–water partition coefficient (Wildman–Crippen LogP) is 4.70. The first kappa shape index (κ1) is 11.6. The van der Waals surface area contributed by atoms with Crippen molar-refractivity contribution in [3.63, 3.8) is 0 Å².